The molecule has 34 heavy (non-hydrogen) atoms. The molecule has 2 heterocycles. The van der Waals surface area contributed by atoms with Gasteiger partial charge >= 0.3 is 0 Å². The SMILES string of the molecule is CN(C)CCn1cc(CNc2cc(Br)c3ncc(C#N)c(Nc4ccc(F)c(Cl)c4)c3c2)nn1. The van der Waals surface area contributed by atoms with Crippen molar-refractivity contribution < 1.29 is 4.39 Å². The summed E-state index contributed by atoms with van der Waals surface area (Å²) >= 11 is 9.51. The molecule has 11 heteroatoms. The Balaban J connectivity index is 1.62. The number of fused-ring (bicyclic) bond motifs is 1. The van der Waals surface area contributed by atoms with Crippen LogP contribution in [0.15, 0.2) is 47.2 Å². The average molecular weight is 544 g/mol. The Hall–Kier alpha value is -3.26. The normalized spacial score (nSPS) is 11.1. The van der Waals surface area contributed by atoms with E-state index in [0.29, 0.717) is 34.4 Å². The van der Waals surface area contributed by atoms with Gasteiger partial charge in [-0.3, -0.25) is 9.67 Å². The quantitative estimate of drug-likeness (QED) is 0.317. The molecule has 0 atom stereocenters. The Kier molecular flexibility index (Phi) is 7.26. The van der Waals surface area contributed by atoms with Gasteiger partial charge in [0.05, 0.1) is 41.1 Å². The Morgan fingerprint density at radius 3 is 2.79 bits per heavy atom. The van der Waals surface area contributed by atoms with E-state index >= 15 is 0 Å². The monoisotopic (exact) mass is 542 g/mol. The Labute approximate surface area is 209 Å². The first-order valence-corrected chi connectivity index (χ1v) is 11.5. The zero-order chi connectivity index (χ0) is 24.2. The minimum absolute atomic E-state index is 0.0102. The molecule has 2 N–H and O–H groups in total. The van der Waals surface area contributed by atoms with E-state index in [1.54, 1.807) is 6.07 Å². The molecule has 0 saturated carbocycles. The summed E-state index contributed by atoms with van der Waals surface area (Å²) in [5.41, 5.74) is 3.74. The minimum atomic E-state index is -0.514. The van der Waals surface area contributed by atoms with E-state index in [0.717, 1.165) is 28.9 Å². The first kappa shape index (κ1) is 23.9. The summed E-state index contributed by atoms with van der Waals surface area (Å²) in [6.07, 6.45) is 3.41. The standard InChI is InChI=1S/C23H21BrClFN8/c1-33(2)5-6-34-13-17(31-32-34)12-28-16-7-18-22(30-15-3-4-21(26)20(25)9-15)14(10-27)11-29-23(18)19(24)8-16/h3-4,7-9,11,13,28H,5-6,12H2,1-2H3,(H,29,30). The van der Waals surface area contributed by atoms with Gasteiger partial charge in [0.25, 0.3) is 0 Å². The third kappa shape index (κ3) is 5.44. The number of hydrogen-bond donors (Lipinski definition) is 2. The first-order valence-electron chi connectivity index (χ1n) is 10.4. The maximum Gasteiger partial charge on any atom is 0.141 e. The molecule has 0 aliphatic heterocycles. The molecular weight excluding hydrogens is 523 g/mol. The number of pyridine rings is 1. The van der Waals surface area contributed by atoms with Gasteiger partial charge in [0.2, 0.25) is 0 Å². The first-order chi connectivity index (χ1) is 16.3. The van der Waals surface area contributed by atoms with Crippen LogP contribution in [0.3, 0.4) is 0 Å². The van der Waals surface area contributed by atoms with Crippen LogP contribution in [-0.2, 0) is 13.1 Å². The van der Waals surface area contributed by atoms with Crippen molar-refractivity contribution in [1.82, 2.24) is 24.9 Å². The smallest absolute Gasteiger partial charge is 0.141 e. The summed E-state index contributed by atoms with van der Waals surface area (Å²) in [5.74, 6) is -0.514. The molecule has 2 aromatic carbocycles. The van der Waals surface area contributed by atoms with Crippen LogP contribution < -0.4 is 10.6 Å². The number of halogens is 3. The lowest BCUT2D eigenvalue weighted by Crippen LogP contribution is -2.18. The summed E-state index contributed by atoms with van der Waals surface area (Å²) < 4.78 is 16.2. The molecule has 2 aromatic heterocycles. The third-order valence-corrected chi connectivity index (χ3v) is 5.96. The van der Waals surface area contributed by atoms with Crippen molar-refractivity contribution in [3.8, 4) is 6.07 Å². The third-order valence-electron chi connectivity index (χ3n) is 5.07. The second-order valence-electron chi connectivity index (χ2n) is 7.90. The Morgan fingerprint density at radius 1 is 1.24 bits per heavy atom. The van der Waals surface area contributed by atoms with Gasteiger partial charge in [0.1, 0.15) is 17.6 Å². The molecule has 0 fully saturated rings. The predicted octanol–water partition coefficient (Wildman–Crippen LogP) is 5.17. The molecule has 0 unspecified atom stereocenters. The largest absolute Gasteiger partial charge is 0.379 e. The number of nitriles is 1. The molecule has 0 saturated heterocycles. The molecule has 0 spiro atoms. The number of aromatic nitrogens is 4. The number of likely N-dealkylation sites (N-methyl/N-ethyl adjacent to an activating group) is 1. The van der Waals surface area contributed by atoms with Gasteiger partial charge in [-0.15, -0.1) is 5.10 Å². The van der Waals surface area contributed by atoms with Crippen molar-refractivity contribution in [2.24, 2.45) is 0 Å². The van der Waals surface area contributed by atoms with Crippen LogP contribution in [0.5, 0.6) is 0 Å². The van der Waals surface area contributed by atoms with Crippen molar-refractivity contribution in [3.63, 3.8) is 0 Å². The molecule has 0 aliphatic rings. The van der Waals surface area contributed by atoms with Crippen LogP contribution in [0.1, 0.15) is 11.3 Å². The molecule has 0 radical (unpaired) electrons. The van der Waals surface area contributed by atoms with Crippen molar-refractivity contribution in [1.29, 1.82) is 5.26 Å². The fourth-order valence-electron chi connectivity index (χ4n) is 3.32. The number of nitrogens with one attached hydrogen (secondary N) is 2. The summed E-state index contributed by atoms with van der Waals surface area (Å²) in [6.45, 7) is 2.10. The van der Waals surface area contributed by atoms with Gasteiger partial charge in [-0.2, -0.15) is 5.26 Å². The van der Waals surface area contributed by atoms with Gasteiger partial charge in [-0.05, 0) is 60.4 Å². The molecule has 4 rings (SSSR count). The lowest BCUT2D eigenvalue weighted by Gasteiger charge is -2.14. The van der Waals surface area contributed by atoms with E-state index in [-0.39, 0.29) is 5.02 Å². The minimum Gasteiger partial charge on any atom is -0.379 e. The topological polar surface area (TPSA) is 94.7 Å². The van der Waals surface area contributed by atoms with Crippen molar-refractivity contribution in [2.45, 2.75) is 13.1 Å². The number of anilines is 3. The van der Waals surface area contributed by atoms with E-state index in [1.165, 1.54) is 18.3 Å². The number of nitrogens with zero attached hydrogens (tertiary/aromatic N) is 6. The number of benzene rings is 2. The highest BCUT2D eigenvalue weighted by atomic mass is 79.9. The maximum absolute atomic E-state index is 13.6. The molecule has 4 aromatic rings. The van der Waals surface area contributed by atoms with Crippen LogP contribution >= 0.6 is 27.5 Å². The highest BCUT2D eigenvalue weighted by Gasteiger charge is 2.14. The van der Waals surface area contributed by atoms with Crippen LogP contribution in [0.25, 0.3) is 10.9 Å². The highest BCUT2D eigenvalue weighted by molar-refractivity contribution is 9.10. The van der Waals surface area contributed by atoms with E-state index in [9.17, 15) is 9.65 Å². The van der Waals surface area contributed by atoms with Crippen molar-refractivity contribution in [3.05, 3.63) is 69.3 Å². The van der Waals surface area contributed by atoms with E-state index in [2.05, 4.69) is 52.8 Å². The van der Waals surface area contributed by atoms with E-state index < -0.39 is 5.82 Å². The van der Waals surface area contributed by atoms with Crippen LogP contribution in [0, 0.1) is 17.1 Å². The lowest BCUT2D eigenvalue weighted by molar-refractivity contribution is 0.370. The molecule has 0 bridgehead atoms. The molecule has 8 nitrogen and oxygen atoms in total. The van der Waals surface area contributed by atoms with Crippen LogP contribution in [0.4, 0.5) is 21.5 Å². The van der Waals surface area contributed by atoms with E-state index in [1.807, 2.05) is 37.1 Å². The number of hydrogen-bond acceptors (Lipinski definition) is 7. The van der Waals surface area contributed by atoms with Crippen LogP contribution in [0.2, 0.25) is 5.02 Å². The van der Waals surface area contributed by atoms with E-state index in [4.69, 9.17) is 11.6 Å². The Morgan fingerprint density at radius 2 is 2.06 bits per heavy atom. The number of rotatable bonds is 8. The highest BCUT2D eigenvalue weighted by Crippen LogP contribution is 2.35. The molecule has 0 aliphatic carbocycles. The summed E-state index contributed by atoms with van der Waals surface area (Å²) in [4.78, 5) is 6.51. The maximum atomic E-state index is 13.6. The van der Waals surface area contributed by atoms with Gasteiger partial charge in [-0.25, -0.2) is 4.39 Å². The Bertz CT molecular complexity index is 1380. The second-order valence-corrected chi connectivity index (χ2v) is 9.16. The zero-order valence-electron chi connectivity index (χ0n) is 18.5. The zero-order valence-corrected chi connectivity index (χ0v) is 20.8. The lowest BCUT2D eigenvalue weighted by atomic mass is 10.1. The van der Waals surface area contributed by atoms with Gasteiger partial charge in [-0.1, -0.05) is 16.8 Å². The van der Waals surface area contributed by atoms with Crippen molar-refractivity contribution >= 4 is 55.5 Å². The molecule has 174 valence electrons. The van der Waals surface area contributed by atoms with Crippen LogP contribution in [-0.4, -0.2) is 45.5 Å². The van der Waals surface area contributed by atoms with Gasteiger partial charge in [0, 0.05) is 34.0 Å². The second kappa shape index (κ2) is 10.3. The summed E-state index contributed by atoms with van der Waals surface area (Å²) in [7, 11) is 4.02. The fraction of sp³-hybridized carbons (Fsp3) is 0.217. The van der Waals surface area contributed by atoms with Crippen molar-refractivity contribution in [2.75, 3.05) is 31.3 Å². The molecule has 0 amide bonds. The van der Waals surface area contributed by atoms with Gasteiger partial charge < -0.3 is 15.5 Å². The summed E-state index contributed by atoms with van der Waals surface area (Å²) in [6, 6.07) is 10.3. The fourth-order valence-corrected chi connectivity index (χ4v) is 4.07. The summed E-state index contributed by atoms with van der Waals surface area (Å²) in [5, 5.41) is 25.3. The average Bonchev–Trinajstić information content (AvgIpc) is 3.27. The molecular formula is C23H21BrClFN8. The van der Waals surface area contributed by atoms with Gasteiger partial charge in [0.15, 0.2) is 0 Å². The predicted molar refractivity (Wildman–Crippen MR) is 135 cm³/mol.